The topological polar surface area (TPSA) is 21.3 Å². The van der Waals surface area contributed by atoms with Crippen LogP contribution >= 0.6 is 0 Å². The maximum Gasteiger partial charge on any atom is 0.387 e. The van der Waals surface area contributed by atoms with Gasteiger partial charge in [-0.25, -0.2) is 0 Å². The summed E-state index contributed by atoms with van der Waals surface area (Å²) in [5.41, 5.74) is 0.975. The Hall–Kier alpha value is -1.32. The Labute approximate surface area is 106 Å². The Bertz CT molecular complexity index is 345. The molecule has 2 nitrogen and oxygen atoms in total. The van der Waals surface area contributed by atoms with E-state index in [2.05, 4.69) is 10.1 Å². The number of ether oxygens (including phenoxy) is 1. The van der Waals surface area contributed by atoms with Crippen LogP contribution in [-0.4, -0.2) is 12.7 Å². The zero-order valence-corrected chi connectivity index (χ0v) is 10.4. The third-order valence-electron chi connectivity index (χ3n) is 3.31. The van der Waals surface area contributed by atoms with Gasteiger partial charge in [-0.05, 0) is 37.1 Å². The first kappa shape index (κ1) is 13.1. The van der Waals surface area contributed by atoms with Crippen LogP contribution in [0, 0.1) is 0 Å². The van der Waals surface area contributed by atoms with Gasteiger partial charge in [0.15, 0.2) is 0 Å². The average Bonchev–Trinajstić information content (AvgIpc) is 2.60. The summed E-state index contributed by atoms with van der Waals surface area (Å²) in [6.07, 6.45) is 7.55. The van der Waals surface area contributed by atoms with Crippen LogP contribution in [0.5, 0.6) is 5.75 Å². The van der Waals surface area contributed by atoms with Crippen molar-refractivity contribution in [3.63, 3.8) is 0 Å². The summed E-state index contributed by atoms with van der Waals surface area (Å²) in [5, 5.41) is 3.46. The minimum atomic E-state index is -2.76. The Morgan fingerprint density at radius 3 is 2.17 bits per heavy atom. The molecule has 0 radical (unpaired) electrons. The minimum absolute atomic E-state index is 0.205. The zero-order chi connectivity index (χ0) is 12.8. The minimum Gasteiger partial charge on any atom is -0.435 e. The standard InChI is InChI=1S/C14H19F2NO/c15-14(16)18-13-9-7-12(8-10-13)17-11-5-3-1-2-4-6-11/h7-11,14,17H,1-6H2. The second-order valence-corrected chi connectivity index (χ2v) is 4.74. The van der Waals surface area contributed by atoms with Crippen LogP contribution in [0.15, 0.2) is 24.3 Å². The fourth-order valence-corrected chi connectivity index (χ4v) is 2.39. The first-order valence-corrected chi connectivity index (χ1v) is 6.55. The lowest BCUT2D eigenvalue weighted by molar-refractivity contribution is -0.0498. The van der Waals surface area contributed by atoms with Gasteiger partial charge in [-0.2, -0.15) is 8.78 Å². The van der Waals surface area contributed by atoms with Gasteiger partial charge in [0, 0.05) is 11.7 Å². The monoisotopic (exact) mass is 255 g/mol. The van der Waals surface area contributed by atoms with E-state index in [1.165, 1.54) is 38.5 Å². The van der Waals surface area contributed by atoms with E-state index in [-0.39, 0.29) is 5.75 Å². The first-order chi connectivity index (χ1) is 8.74. The van der Waals surface area contributed by atoms with Crippen molar-refractivity contribution in [3.05, 3.63) is 24.3 Å². The molecule has 0 aliphatic heterocycles. The third kappa shape index (κ3) is 4.17. The Morgan fingerprint density at radius 1 is 1.00 bits per heavy atom. The molecule has 0 saturated heterocycles. The van der Waals surface area contributed by atoms with E-state index >= 15 is 0 Å². The van der Waals surface area contributed by atoms with Crippen LogP contribution < -0.4 is 10.1 Å². The molecule has 0 heterocycles. The molecule has 1 fully saturated rings. The molecule has 1 N–H and O–H groups in total. The van der Waals surface area contributed by atoms with Crippen molar-refractivity contribution in [3.8, 4) is 5.75 Å². The van der Waals surface area contributed by atoms with Gasteiger partial charge in [0.1, 0.15) is 5.75 Å². The molecule has 0 amide bonds. The third-order valence-corrected chi connectivity index (χ3v) is 3.31. The van der Waals surface area contributed by atoms with Crippen LogP contribution in [-0.2, 0) is 0 Å². The molecule has 0 spiro atoms. The quantitative estimate of drug-likeness (QED) is 0.804. The molecule has 0 bridgehead atoms. The van der Waals surface area contributed by atoms with E-state index in [9.17, 15) is 8.78 Å². The summed E-state index contributed by atoms with van der Waals surface area (Å²) in [5.74, 6) is 0.205. The Kier molecular flexibility index (Phi) is 4.79. The number of alkyl halides is 2. The molecule has 1 saturated carbocycles. The fraction of sp³-hybridized carbons (Fsp3) is 0.571. The van der Waals surface area contributed by atoms with Crippen LogP contribution in [0.4, 0.5) is 14.5 Å². The van der Waals surface area contributed by atoms with E-state index in [0.29, 0.717) is 6.04 Å². The number of benzene rings is 1. The normalized spacial score (nSPS) is 17.5. The van der Waals surface area contributed by atoms with Crippen LogP contribution in [0.1, 0.15) is 38.5 Å². The van der Waals surface area contributed by atoms with Gasteiger partial charge in [0.25, 0.3) is 0 Å². The van der Waals surface area contributed by atoms with Crippen molar-refractivity contribution in [2.24, 2.45) is 0 Å². The Balaban J connectivity index is 1.88. The Morgan fingerprint density at radius 2 is 1.61 bits per heavy atom. The van der Waals surface area contributed by atoms with Gasteiger partial charge >= 0.3 is 6.61 Å². The number of hydrogen-bond donors (Lipinski definition) is 1. The second kappa shape index (κ2) is 6.57. The highest BCUT2D eigenvalue weighted by atomic mass is 19.3. The van der Waals surface area contributed by atoms with Gasteiger partial charge in [0.2, 0.25) is 0 Å². The lowest BCUT2D eigenvalue weighted by Crippen LogP contribution is -2.18. The van der Waals surface area contributed by atoms with Crippen molar-refractivity contribution in [1.29, 1.82) is 0 Å². The van der Waals surface area contributed by atoms with E-state index in [1.807, 2.05) is 0 Å². The number of nitrogens with one attached hydrogen (secondary N) is 1. The predicted octanol–water partition coefficient (Wildman–Crippen LogP) is 4.42. The largest absolute Gasteiger partial charge is 0.435 e. The first-order valence-electron chi connectivity index (χ1n) is 6.55. The summed E-state index contributed by atoms with van der Waals surface area (Å²) in [6, 6.07) is 7.25. The second-order valence-electron chi connectivity index (χ2n) is 4.74. The van der Waals surface area contributed by atoms with Crippen LogP contribution in [0.3, 0.4) is 0 Å². The maximum absolute atomic E-state index is 12.0. The number of rotatable bonds is 4. The average molecular weight is 255 g/mol. The number of anilines is 1. The lowest BCUT2D eigenvalue weighted by Gasteiger charge is -2.17. The van der Waals surface area contributed by atoms with Crippen molar-refractivity contribution < 1.29 is 13.5 Å². The van der Waals surface area contributed by atoms with Crippen molar-refractivity contribution in [1.82, 2.24) is 0 Å². The van der Waals surface area contributed by atoms with Crippen molar-refractivity contribution >= 4 is 5.69 Å². The molecule has 18 heavy (non-hydrogen) atoms. The van der Waals surface area contributed by atoms with Crippen LogP contribution in [0.2, 0.25) is 0 Å². The molecule has 0 aromatic heterocycles. The SMILES string of the molecule is FC(F)Oc1ccc(NC2CCCCCC2)cc1. The van der Waals surface area contributed by atoms with Crippen LogP contribution in [0.25, 0.3) is 0 Å². The molecular weight excluding hydrogens is 236 g/mol. The highest BCUT2D eigenvalue weighted by Gasteiger charge is 2.11. The summed E-state index contributed by atoms with van der Waals surface area (Å²) < 4.78 is 28.3. The molecule has 100 valence electrons. The number of halogens is 2. The molecule has 1 aliphatic carbocycles. The van der Waals surface area contributed by atoms with E-state index in [4.69, 9.17) is 0 Å². The van der Waals surface area contributed by atoms with Gasteiger partial charge in [-0.3, -0.25) is 0 Å². The van der Waals surface area contributed by atoms with Gasteiger partial charge in [-0.1, -0.05) is 25.7 Å². The molecule has 4 heteroatoms. The van der Waals surface area contributed by atoms with E-state index < -0.39 is 6.61 Å². The van der Waals surface area contributed by atoms with E-state index in [1.54, 1.807) is 24.3 Å². The van der Waals surface area contributed by atoms with Gasteiger partial charge in [-0.15, -0.1) is 0 Å². The summed E-state index contributed by atoms with van der Waals surface area (Å²) in [6.45, 7) is -2.76. The summed E-state index contributed by atoms with van der Waals surface area (Å²) >= 11 is 0. The highest BCUT2D eigenvalue weighted by molar-refractivity contribution is 5.47. The predicted molar refractivity (Wildman–Crippen MR) is 68.2 cm³/mol. The molecule has 0 atom stereocenters. The molecule has 1 aromatic carbocycles. The van der Waals surface area contributed by atoms with Gasteiger partial charge in [0.05, 0.1) is 0 Å². The van der Waals surface area contributed by atoms with Crippen molar-refractivity contribution in [2.45, 2.75) is 51.2 Å². The fourth-order valence-electron chi connectivity index (χ4n) is 2.39. The van der Waals surface area contributed by atoms with Gasteiger partial charge < -0.3 is 10.1 Å². The molecule has 1 aliphatic rings. The highest BCUT2D eigenvalue weighted by Crippen LogP contribution is 2.23. The molecule has 2 rings (SSSR count). The zero-order valence-electron chi connectivity index (χ0n) is 10.4. The number of hydrogen-bond acceptors (Lipinski definition) is 2. The van der Waals surface area contributed by atoms with E-state index in [0.717, 1.165) is 5.69 Å². The molecule has 0 unspecified atom stereocenters. The summed E-state index contributed by atoms with van der Waals surface area (Å²) in [4.78, 5) is 0. The van der Waals surface area contributed by atoms with Crippen molar-refractivity contribution in [2.75, 3.05) is 5.32 Å². The summed E-state index contributed by atoms with van der Waals surface area (Å²) in [7, 11) is 0. The molecule has 1 aromatic rings. The lowest BCUT2D eigenvalue weighted by atomic mass is 10.1. The smallest absolute Gasteiger partial charge is 0.387 e. The maximum atomic E-state index is 12.0. The molecular formula is C14H19F2NO.